The van der Waals surface area contributed by atoms with E-state index >= 15 is 0 Å². The number of nitrogens with one attached hydrogen (secondary N) is 2. The average molecular weight is 541 g/mol. The van der Waals surface area contributed by atoms with Gasteiger partial charge < -0.3 is 34.9 Å². The van der Waals surface area contributed by atoms with E-state index in [1.165, 1.54) is 0 Å². The second-order valence-electron chi connectivity index (χ2n) is 10.8. The summed E-state index contributed by atoms with van der Waals surface area (Å²) in [5, 5.41) is 15.5. The number of benzene rings is 2. The summed E-state index contributed by atoms with van der Waals surface area (Å²) in [6.07, 6.45) is -0.127. The number of aliphatic hydroxyl groups is 1. The molecule has 39 heavy (non-hydrogen) atoms. The number of urea groups is 1. The molecule has 0 aliphatic carbocycles. The van der Waals surface area contributed by atoms with Crippen LogP contribution in [-0.4, -0.2) is 78.6 Å². The van der Waals surface area contributed by atoms with E-state index in [0.717, 1.165) is 17.1 Å². The van der Waals surface area contributed by atoms with Crippen LogP contribution < -0.4 is 24.8 Å². The second-order valence-corrected chi connectivity index (χ2v) is 10.8. The van der Waals surface area contributed by atoms with E-state index < -0.39 is 0 Å². The molecule has 3 N–H and O–H groups in total. The first-order valence-corrected chi connectivity index (χ1v) is 13.5. The van der Waals surface area contributed by atoms with Crippen molar-refractivity contribution in [2.24, 2.45) is 5.92 Å². The van der Waals surface area contributed by atoms with Gasteiger partial charge in [-0.25, -0.2) is 4.79 Å². The molecular weight excluding hydrogens is 500 g/mol. The molecule has 0 bridgehead atoms. The maximum Gasteiger partial charge on any atom is 0.319 e. The maximum atomic E-state index is 13.4. The lowest BCUT2D eigenvalue weighted by atomic mass is 10.0. The van der Waals surface area contributed by atoms with Gasteiger partial charge >= 0.3 is 6.03 Å². The Morgan fingerprint density at radius 1 is 1.13 bits per heavy atom. The van der Waals surface area contributed by atoms with Crippen LogP contribution in [0.25, 0.3) is 0 Å². The second kappa shape index (κ2) is 12.6. The number of carbonyl (C=O) groups is 2. The molecule has 4 rings (SSSR count). The van der Waals surface area contributed by atoms with Crippen LogP contribution in [0.5, 0.6) is 17.2 Å². The van der Waals surface area contributed by atoms with Gasteiger partial charge in [-0.2, -0.15) is 0 Å². The molecule has 0 saturated heterocycles. The normalized spacial score (nSPS) is 19.6. The predicted octanol–water partition coefficient (Wildman–Crippen LogP) is 3.23. The molecule has 212 valence electrons. The minimum atomic E-state index is -0.327. The highest BCUT2D eigenvalue weighted by Crippen LogP contribution is 2.33. The lowest BCUT2D eigenvalue weighted by Crippen LogP contribution is -2.47. The molecule has 0 spiro atoms. The van der Waals surface area contributed by atoms with Gasteiger partial charge in [-0.3, -0.25) is 9.69 Å². The Labute approximate surface area is 230 Å². The van der Waals surface area contributed by atoms with E-state index in [0.29, 0.717) is 36.6 Å². The number of amides is 3. The number of carbonyl (C=O) groups excluding carboxylic acids is 2. The SMILES string of the molecule is CC(C)NC(=O)Nc1ccc2c(c1)CC(=O)N([C@H](C)CO)C[C@@H](C)[C@H](CN(C)Cc1ccc3c(c1)OCO3)O2. The Morgan fingerprint density at radius 3 is 2.62 bits per heavy atom. The first-order valence-electron chi connectivity index (χ1n) is 13.5. The number of rotatable bonds is 8. The molecule has 2 aromatic rings. The summed E-state index contributed by atoms with van der Waals surface area (Å²) in [4.78, 5) is 29.6. The van der Waals surface area contributed by atoms with Crippen LogP contribution in [0.1, 0.15) is 38.8 Å². The number of likely N-dealkylation sites (N-methyl/N-ethyl adjacent to an activating group) is 1. The highest BCUT2D eigenvalue weighted by atomic mass is 16.7. The van der Waals surface area contributed by atoms with E-state index in [2.05, 4.69) is 22.5 Å². The number of ether oxygens (including phenoxy) is 3. The van der Waals surface area contributed by atoms with Gasteiger partial charge in [0.1, 0.15) is 11.9 Å². The lowest BCUT2D eigenvalue weighted by molar-refractivity contribution is -0.134. The summed E-state index contributed by atoms with van der Waals surface area (Å²) < 4.78 is 17.5. The zero-order valence-electron chi connectivity index (χ0n) is 23.4. The van der Waals surface area contributed by atoms with E-state index in [9.17, 15) is 14.7 Å². The topological polar surface area (TPSA) is 113 Å². The van der Waals surface area contributed by atoms with Crippen LogP contribution in [0.15, 0.2) is 36.4 Å². The molecule has 3 atom stereocenters. The largest absolute Gasteiger partial charge is 0.488 e. The number of hydrogen-bond donors (Lipinski definition) is 3. The lowest BCUT2D eigenvalue weighted by Gasteiger charge is -2.34. The molecule has 0 fully saturated rings. The van der Waals surface area contributed by atoms with Gasteiger partial charge in [-0.1, -0.05) is 13.0 Å². The Morgan fingerprint density at radius 2 is 1.87 bits per heavy atom. The van der Waals surface area contributed by atoms with Gasteiger partial charge in [0.05, 0.1) is 19.1 Å². The molecule has 10 nitrogen and oxygen atoms in total. The summed E-state index contributed by atoms with van der Waals surface area (Å²) in [5.41, 5.74) is 2.36. The number of fused-ring (bicyclic) bond motifs is 2. The van der Waals surface area contributed by atoms with Gasteiger partial charge in [-0.05, 0) is 63.7 Å². The van der Waals surface area contributed by atoms with E-state index in [-0.39, 0.29) is 55.9 Å². The van der Waals surface area contributed by atoms with Gasteiger partial charge in [0.2, 0.25) is 12.7 Å². The van der Waals surface area contributed by atoms with E-state index in [1.54, 1.807) is 17.0 Å². The molecule has 2 aromatic carbocycles. The van der Waals surface area contributed by atoms with Crippen molar-refractivity contribution in [1.82, 2.24) is 15.1 Å². The number of nitrogens with zero attached hydrogens (tertiary/aromatic N) is 2. The van der Waals surface area contributed by atoms with Crippen molar-refractivity contribution in [3.05, 3.63) is 47.5 Å². The van der Waals surface area contributed by atoms with E-state index in [4.69, 9.17) is 14.2 Å². The quantitative estimate of drug-likeness (QED) is 0.471. The molecule has 0 radical (unpaired) electrons. The molecule has 0 saturated carbocycles. The fourth-order valence-corrected chi connectivity index (χ4v) is 4.88. The fraction of sp³-hybridized carbons (Fsp3) is 0.517. The molecule has 0 unspecified atom stereocenters. The molecule has 10 heteroatoms. The van der Waals surface area contributed by atoms with Crippen molar-refractivity contribution < 1.29 is 28.9 Å². The summed E-state index contributed by atoms with van der Waals surface area (Å²) in [5.74, 6) is 2.02. The van der Waals surface area contributed by atoms with Crippen molar-refractivity contribution in [2.45, 2.75) is 58.8 Å². The number of aliphatic hydroxyl groups excluding tert-OH is 1. The maximum absolute atomic E-state index is 13.4. The highest BCUT2D eigenvalue weighted by molar-refractivity contribution is 5.90. The highest BCUT2D eigenvalue weighted by Gasteiger charge is 2.31. The Kier molecular flexibility index (Phi) is 9.19. The van der Waals surface area contributed by atoms with Gasteiger partial charge in [0.25, 0.3) is 0 Å². The third kappa shape index (κ3) is 7.33. The van der Waals surface area contributed by atoms with Gasteiger partial charge in [0, 0.05) is 42.8 Å². The van der Waals surface area contributed by atoms with Gasteiger partial charge in [0.15, 0.2) is 11.5 Å². The van der Waals surface area contributed by atoms with Crippen LogP contribution in [0.2, 0.25) is 0 Å². The third-order valence-corrected chi connectivity index (χ3v) is 6.98. The zero-order valence-corrected chi connectivity index (χ0v) is 23.4. The predicted molar refractivity (Wildman–Crippen MR) is 148 cm³/mol. The number of hydrogen-bond acceptors (Lipinski definition) is 7. The summed E-state index contributed by atoms with van der Waals surface area (Å²) >= 11 is 0. The van der Waals surface area contributed by atoms with Crippen molar-refractivity contribution in [3.8, 4) is 17.2 Å². The molecule has 2 aliphatic heterocycles. The smallest absolute Gasteiger partial charge is 0.319 e. The first kappa shape index (κ1) is 28.5. The average Bonchev–Trinajstić information content (AvgIpc) is 3.35. The minimum Gasteiger partial charge on any atom is -0.488 e. The Bertz CT molecular complexity index is 1170. The zero-order chi connectivity index (χ0) is 28.1. The van der Waals surface area contributed by atoms with E-state index in [1.807, 2.05) is 52.1 Å². The first-order chi connectivity index (χ1) is 18.6. The number of anilines is 1. The van der Waals surface area contributed by atoms with Crippen LogP contribution in [0.4, 0.5) is 10.5 Å². The van der Waals surface area contributed by atoms with Crippen molar-refractivity contribution in [2.75, 3.05) is 38.9 Å². The molecule has 2 heterocycles. The summed E-state index contributed by atoms with van der Waals surface area (Å²) in [7, 11) is 2.04. The molecule has 3 amide bonds. The third-order valence-electron chi connectivity index (χ3n) is 6.98. The summed E-state index contributed by atoms with van der Waals surface area (Å²) in [6, 6.07) is 10.7. The van der Waals surface area contributed by atoms with Crippen molar-refractivity contribution >= 4 is 17.6 Å². The molecule has 2 aliphatic rings. The van der Waals surface area contributed by atoms with Crippen LogP contribution in [0.3, 0.4) is 0 Å². The minimum absolute atomic E-state index is 0.00631. The standard InChI is InChI=1S/C29H40N4O6/c1-18(2)30-29(36)31-23-7-9-24-22(11-23)12-28(35)33(20(4)16-34)13-19(3)27(39-24)15-32(5)14-21-6-8-25-26(10-21)38-17-37-25/h6-11,18-20,27,34H,12-17H2,1-5H3,(H2,30,31,36)/t19-,20-,27+/m1/s1. The van der Waals surface area contributed by atoms with Crippen LogP contribution in [0, 0.1) is 5.92 Å². The Balaban J connectivity index is 1.56. The van der Waals surface area contributed by atoms with Crippen LogP contribution >= 0.6 is 0 Å². The van der Waals surface area contributed by atoms with Crippen molar-refractivity contribution in [3.63, 3.8) is 0 Å². The monoisotopic (exact) mass is 540 g/mol. The Hall–Kier alpha value is -3.50. The van der Waals surface area contributed by atoms with Gasteiger partial charge in [-0.15, -0.1) is 0 Å². The molecular formula is C29H40N4O6. The molecule has 0 aromatic heterocycles. The van der Waals surface area contributed by atoms with Crippen molar-refractivity contribution in [1.29, 1.82) is 0 Å². The van der Waals surface area contributed by atoms with Crippen LogP contribution in [-0.2, 0) is 17.8 Å². The fourth-order valence-electron chi connectivity index (χ4n) is 4.88. The summed E-state index contributed by atoms with van der Waals surface area (Å²) in [6.45, 7) is 9.55.